The normalized spacial score (nSPS) is 33.8. The number of likely N-dealkylation sites (N-methyl/N-ethyl adjacent to an activating group) is 1. The third-order valence-corrected chi connectivity index (χ3v) is 5.13. The lowest BCUT2D eigenvalue weighted by atomic mass is 9.79. The van der Waals surface area contributed by atoms with E-state index in [1.54, 1.807) is 0 Å². The van der Waals surface area contributed by atoms with Crippen LogP contribution >= 0.6 is 0 Å². The van der Waals surface area contributed by atoms with Crippen molar-refractivity contribution >= 4 is 0 Å². The summed E-state index contributed by atoms with van der Waals surface area (Å²) in [6.07, 6.45) is 9.03. The zero-order valence-corrected chi connectivity index (χ0v) is 12.8. The van der Waals surface area contributed by atoms with Gasteiger partial charge in [-0.15, -0.1) is 0 Å². The number of nitrogens with zero attached hydrogens (tertiary/aromatic N) is 1. The standard InChI is InChI=1S/C16H32N2O/c1-3-4-13-5-6-15(17)16(11-13)18(2)12-14-7-9-19-10-8-14/h13-16H,3-12,17H2,1-2H3. The van der Waals surface area contributed by atoms with E-state index in [4.69, 9.17) is 10.5 Å². The third-order valence-electron chi connectivity index (χ3n) is 5.13. The minimum Gasteiger partial charge on any atom is -0.381 e. The van der Waals surface area contributed by atoms with Gasteiger partial charge in [-0.1, -0.05) is 19.8 Å². The molecule has 1 heterocycles. The summed E-state index contributed by atoms with van der Waals surface area (Å²) in [5, 5.41) is 0. The molecule has 3 heteroatoms. The average molecular weight is 268 g/mol. The lowest BCUT2D eigenvalue weighted by molar-refractivity contribution is 0.0414. The fourth-order valence-electron chi connectivity index (χ4n) is 3.90. The van der Waals surface area contributed by atoms with Gasteiger partial charge in [0.1, 0.15) is 0 Å². The molecule has 0 aromatic rings. The van der Waals surface area contributed by atoms with E-state index in [2.05, 4.69) is 18.9 Å². The predicted molar refractivity (Wildman–Crippen MR) is 80.2 cm³/mol. The highest BCUT2D eigenvalue weighted by Crippen LogP contribution is 2.30. The summed E-state index contributed by atoms with van der Waals surface area (Å²) in [5.41, 5.74) is 6.38. The lowest BCUT2D eigenvalue weighted by Crippen LogP contribution is -2.51. The van der Waals surface area contributed by atoms with Crippen LogP contribution in [0.3, 0.4) is 0 Å². The first kappa shape index (κ1) is 15.3. The van der Waals surface area contributed by atoms with Gasteiger partial charge in [-0.05, 0) is 51.0 Å². The van der Waals surface area contributed by atoms with Crippen LogP contribution in [0.2, 0.25) is 0 Å². The second kappa shape index (κ2) is 7.61. The maximum Gasteiger partial charge on any atom is 0.0469 e. The second-order valence-corrected chi connectivity index (χ2v) is 6.69. The Morgan fingerprint density at radius 2 is 1.84 bits per heavy atom. The van der Waals surface area contributed by atoms with Gasteiger partial charge in [0.2, 0.25) is 0 Å². The van der Waals surface area contributed by atoms with E-state index in [0.717, 1.165) is 25.0 Å². The third kappa shape index (κ3) is 4.44. The van der Waals surface area contributed by atoms with Crippen LogP contribution in [0.1, 0.15) is 51.9 Å². The quantitative estimate of drug-likeness (QED) is 0.833. The smallest absolute Gasteiger partial charge is 0.0469 e. The Kier molecular flexibility index (Phi) is 6.11. The minimum absolute atomic E-state index is 0.387. The van der Waals surface area contributed by atoms with Gasteiger partial charge in [-0.3, -0.25) is 0 Å². The fourth-order valence-corrected chi connectivity index (χ4v) is 3.90. The molecule has 0 bridgehead atoms. The van der Waals surface area contributed by atoms with E-state index in [1.165, 1.54) is 51.5 Å². The summed E-state index contributed by atoms with van der Waals surface area (Å²) in [7, 11) is 2.29. The van der Waals surface area contributed by atoms with Crippen LogP contribution in [0.5, 0.6) is 0 Å². The molecule has 3 atom stereocenters. The Morgan fingerprint density at radius 3 is 2.53 bits per heavy atom. The summed E-state index contributed by atoms with van der Waals surface area (Å²) in [5.74, 6) is 1.73. The number of hydrogen-bond donors (Lipinski definition) is 1. The zero-order valence-electron chi connectivity index (χ0n) is 12.8. The van der Waals surface area contributed by atoms with E-state index in [1.807, 2.05) is 0 Å². The molecular formula is C16H32N2O. The topological polar surface area (TPSA) is 38.5 Å². The highest BCUT2D eigenvalue weighted by atomic mass is 16.5. The van der Waals surface area contributed by atoms with Crippen molar-refractivity contribution in [2.75, 3.05) is 26.8 Å². The van der Waals surface area contributed by atoms with Gasteiger partial charge in [0.05, 0.1) is 0 Å². The summed E-state index contributed by atoms with van der Waals surface area (Å²) in [4.78, 5) is 2.56. The Morgan fingerprint density at radius 1 is 1.11 bits per heavy atom. The average Bonchev–Trinajstić information content (AvgIpc) is 2.42. The molecule has 2 aliphatic rings. The van der Waals surface area contributed by atoms with Crippen molar-refractivity contribution in [1.82, 2.24) is 4.90 Å². The van der Waals surface area contributed by atoms with Gasteiger partial charge in [0.15, 0.2) is 0 Å². The summed E-state index contributed by atoms with van der Waals surface area (Å²) >= 11 is 0. The summed E-state index contributed by atoms with van der Waals surface area (Å²) < 4.78 is 5.45. The number of ether oxygens (including phenoxy) is 1. The van der Waals surface area contributed by atoms with E-state index in [0.29, 0.717) is 12.1 Å². The number of nitrogens with two attached hydrogens (primary N) is 1. The van der Waals surface area contributed by atoms with E-state index < -0.39 is 0 Å². The Hall–Kier alpha value is -0.120. The molecule has 0 amide bonds. The van der Waals surface area contributed by atoms with Crippen LogP contribution in [-0.4, -0.2) is 43.8 Å². The van der Waals surface area contributed by atoms with Gasteiger partial charge in [0.25, 0.3) is 0 Å². The van der Waals surface area contributed by atoms with E-state index in [-0.39, 0.29) is 0 Å². The SMILES string of the molecule is CCCC1CCC(N)C(N(C)CC2CCOCC2)C1. The molecule has 1 saturated heterocycles. The molecule has 1 aliphatic carbocycles. The fraction of sp³-hybridized carbons (Fsp3) is 1.00. The molecule has 3 unspecified atom stereocenters. The first-order chi connectivity index (χ1) is 9.20. The van der Waals surface area contributed by atoms with Crippen LogP contribution in [0.25, 0.3) is 0 Å². The van der Waals surface area contributed by atoms with Crippen LogP contribution in [0, 0.1) is 11.8 Å². The molecule has 0 radical (unpaired) electrons. The van der Waals surface area contributed by atoms with E-state index in [9.17, 15) is 0 Å². The highest BCUT2D eigenvalue weighted by molar-refractivity contribution is 4.89. The summed E-state index contributed by atoms with van der Waals surface area (Å²) in [6.45, 7) is 5.41. The lowest BCUT2D eigenvalue weighted by Gasteiger charge is -2.41. The Balaban J connectivity index is 1.82. The number of rotatable bonds is 5. The van der Waals surface area contributed by atoms with Crippen molar-refractivity contribution < 1.29 is 4.74 Å². The maximum atomic E-state index is 6.38. The van der Waals surface area contributed by atoms with Crippen LogP contribution < -0.4 is 5.73 Å². The van der Waals surface area contributed by atoms with Gasteiger partial charge < -0.3 is 15.4 Å². The molecule has 1 saturated carbocycles. The molecule has 19 heavy (non-hydrogen) atoms. The van der Waals surface area contributed by atoms with Crippen LogP contribution in [0.4, 0.5) is 0 Å². The van der Waals surface area contributed by atoms with Gasteiger partial charge in [0, 0.05) is 31.8 Å². The van der Waals surface area contributed by atoms with Crippen molar-refractivity contribution in [3.05, 3.63) is 0 Å². The van der Waals surface area contributed by atoms with Crippen molar-refractivity contribution in [2.24, 2.45) is 17.6 Å². The molecule has 2 N–H and O–H groups in total. The van der Waals surface area contributed by atoms with Gasteiger partial charge in [-0.2, -0.15) is 0 Å². The zero-order chi connectivity index (χ0) is 13.7. The molecule has 112 valence electrons. The first-order valence-electron chi connectivity index (χ1n) is 8.24. The minimum atomic E-state index is 0.387. The van der Waals surface area contributed by atoms with Crippen molar-refractivity contribution in [3.63, 3.8) is 0 Å². The largest absolute Gasteiger partial charge is 0.381 e. The summed E-state index contributed by atoms with van der Waals surface area (Å²) in [6, 6.07) is 0.992. The molecular weight excluding hydrogens is 236 g/mol. The first-order valence-corrected chi connectivity index (χ1v) is 8.24. The molecule has 2 rings (SSSR count). The van der Waals surface area contributed by atoms with Gasteiger partial charge in [-0.25, -0.2) is 0 Å². The van der Waals surface area contributed by atoms with Crippen molar-refractivity contribution in [3.8, 4) is 0 Å². The number of hydrogen-bond acceptors (Lipinski definition) is 3. The molecule has 3 nitrogen and oxygen atoms in total. The Labute approximate surface area is 118 Å². The second-order valence-electron chi connectivity index (χ2n) is 6.69. The highest BCUT2D eigenvalue weighted by Gasteiger charge is 2.31. The maximum absolute atomic E-state index is 6.38. The molecule has 0 spiro atoms. The molecule has 0 aromatic carbocycles. The predicted octanol–water partition coefficient (Wildman–Crippen LogP) is 2.64. The van der Waals surface area contributed by atoms with Crippen LogP contribution in [0.15, 0.2) is 0 Å². The Bertz CT molecular complexity index is 253. The van der Waals surface area contributed by atoms with Crippen molar-refractivity contribution in [2.45, 2.75) is 64.0 Å². The van der Waals surface area contributed by atoms with Gasteiger partial charge >= 0.3 is 0 Å². The molecule has 0 aromatic heterocycles. The van der Waals surface area contributed by atoms with Crippen molar-refractivity contribution in [1.29, 1.82) is 0 Å². The molecule has 1 aliphatic heterocycles. The molecule has 2 fully saturated rings. The monoisotopic (exact) mass is 268 g/mol. The van der Waals surface area contributed by atoms with Crippen LogP contribution in [-0.2, 0) is 4.74 Å². The van der Waals surface area contributed by atoms with E-state index >= 15 is 0 Å².